The summed E-state index contributed by atoms with van der Waals surface area (Å²) in [5.74, 6) is 1.89. The van der Waals surface area contributed by atoms with Gasteiger partial charge in [0.2, 0.25) is 0 Å². The van der Waals surface area contributed by atoms with E-state index in [9.17, 15) is 13.2 Å². The Balaban J connectivity index is 0.00000341. The van der Waals surface area contributed by atoms with Crippen LogP contribution in [0, 0.1) is 5.92 Å². The van der Waals surface area contributed by atoms with Crippen molar-refractivity contribution in [3.63, 3.8) is 0 Å². The highest BCUT2D eigenvalue weighted by Gasteiger charge is 2.33. The molecule has 1 aromatic heterocycles. The molecular weight excluding hydrogens is 544 g/mol. The number of hydrogen-bond donors (Lipinski definition) is 2. The number of nitrogens with zero attached hydrogens (tertiary/aromatic N) is 4. The molecule has 6 nitrogen and oxygen atoms in total. The zero-order valence-electron chi connectivity index (χ0n) is 17.9. The first kappa shape index (κ1) is 26.2. The van der Waals surface area contributed by atoms with Crippen molar-refractivity contribution in [1.82, 2.24) is 20.5 Å². The average molecular weight is 575 g/mol. The molecule has 1 aromatic rings. The Morgan fingerprint density at radius 2 is 1.97 bits per heavy atom. The molecule has 3 heterocycles. The van der Waals surface area contributed by atoms with E-state index in [4.69, 9.17) is 11.6 Å². The highest BCUT2D eigenvalue weighted by Crippen LogP contribution is 2.34. The van der Waals surface area contributed by atoms with Gasteiger partial charge < -0.3 is 20.4 Å². The minimum absolute atomic E-state index is 0. The Labute approximate surface area is 204 Å². The zero-order valence-corrected chi connectivity index (χ0v) is 21.0. The molecule has 2 fully saturated rings. The van der Waals surface area contributed by atoms with Gasteiger partial charge in [-0.3, -0.25) is 4.99 Å². The third-order valence-corrected chi connectivity index (χ3v) is 6.16. The maximum atomic E-state index is 12.8. The van der Waals surface area contributed by atoms with Crippen molar-refractivity contribution >= 4 is 47.4 Å². The van der Waals surface area contributed by atoms with Crippen LogP contribution in [0.3, 0.4) is 0 Å². The van der Waals surface area contributed by atoms with Gasteiger partial charge in [-0.1, -0.05) is 11.6 Å². The molecule has 2 saturated heterocycles. The third kappa shape index (κ3) is 7.52. The van der Waals surface area contributed by atoms with E-state index in [1.54, 1.807) is 7.05 Å². The van der Waals surface area contributed by atoms with Crippen LogP contribution in [0.4, 0.5) is 19.0 Å². The van der Waals surface area contributed by atoms with Crippen LogP contribution in [-0.2, 0) is 6.18 Å². The number of anilines is 1. The minimum atomic E-state index is -4.45. The van der Waals surface area contributed by atoms with E-state index in [0.717, 1.165) is 56.6 Å². The summed E-state index contributed by atoms with van der Waals surface area (Å²) in [7, 11) is 3.91. The molecule has 0 bridgehead atoms. The van der Waals surface area contributed by atoms with Crippen molar-refractivity contribution in [3.05, 3.63) is 22.8 Å². The fourth-order valence-corrected chi connectivity index (χ4v) is 4.31. The lowest BCUT2D eigenvalue weighted by Crippen LogP contribution is -2.45. The molecule has 2 N–H and O–H groups in total. The first-order valence-electron chi connectivity index (χ1n) is 10.4. The number of piperidine rings is 1. The second-order valence-electron chi connectivity index (χ2n) is 8.14. The van der Waals surface area contributed by atoms with Gasteiger partial charge in [-0.2, -0.15) is 13.2 Å². The molecule has 0 aliphatic carbocycles. The van der Waals surface area contributed by atoms with Crippen molar-refractivity contribution in [2.75, 3.05) is 51.7 Å². The molecule has 31 heavy (non-hydrogen) atoms. The van der Waals surface area contributed by atoms with E-state index >= 15 is 0 Å². The summed E-state index contributed by atoms with van der Waals surface area (Å²) in [5, 5.41) is 6.81. The Bertz CT molecular complexity index is 740. The number of pyridine rings is 1. The van der Waals surface area contributed by atoms with Crippen LogP contribution >= 0.6 is 35.6 Å². The van der Waals surface area contributed by atoms with Crippen molar-refractivity contribution < 1.29 is 13.2 Å². The first-order chi connectivity index (χ1) is 14.3. The number of aliphatic imine (C=N–C) groups is 1. The molecule has 2 aliphatic rings. The standard InChI is InChI=1S/C20H30ClF3N6.HI/c1-25-19(26-7-3-14-4-8-29(2)9-5-14)28-16-6-10-30(13-16)18-17(21)11-15(12-27-18)20(22,23)24;/h11-12,14,16H,3-10,13H2,1-2H3,(H2,25,26,28);1H. The average Bonchev–Trinajstić information content (AvgIpc) is 3.16. The predicted molar refractivity (Wildman–Crippen MR) is 130 cm³/mol. The van der Waals surface area contributed by atoms with E-state index in [1.807, 2.05) is 4.90 Å². The monoisotopic (exact) mass is 574 g/mol. The van der Waals surface area contributed by atoms with Crippen LogP contribution in [0.25, 0.3) is 0 Å². The third-order valence-electron chi connectivity index (χ3n) is 5.88. The highest BCUT2D eigenvalue weighted by molar-refractivity contribution is 14.0. The van der Waals surface area contributed by atoms with Crippen molar-refractivity contribution in [1.29, 1.82) is 0 Å². The number of hydrogen-bond acceptors (Lipinski definition) is 4. The molecule has 0 saturated carbocycles. The van der Waals surface area contributed by atoms with Gasteiger partial charge in [0, 0.05) is 38.9 Å². The molecule has 0 radical (unpaired) electrons. The Morgan fingerprint density at radius 3 is 2.58 bits per heavy atom. The number of guanidine groups is 1. The number of nitrogens with one attached hydrogen (secondary N) is 2. The summed E-state index contributed by atoms with van der Waals surface area (Å²) in [6, 6.07) is 1.06. The highest BCUT2D eigenvalue weighted by atomic mass is 127. The lowest BCUT2D eigenvalue weighted by Gasteiger charge is -2.29. The summed E-state index contributed by atoms with van der Waals surface area (Å²) in [6.45, 7) is 4.47. The maximum absolute atomic E-state index is 12.8. The second-order valence-corrected chi connectivity index (χ2v) is 8.54. The van der Waals surface area contributed by atoms with Crippen LogP contribution in [0.1, 0.15) is 31.2 Å². The van der Waals surface area contributed by atoms with Gasteiger partial charge in [-0.05, 0) is 57.8 Å². The second kappa shape index (κ2) is 11.7. The Hall–Kier alpha value is -1.01. The number of aromatic nitrogens is 1. The van der Waals surface area contributed by atoms with E-state index in [0.29, 0.717) is 18.9 Å². The van der Waals surface area contributed by atoms with Gasteiger partial charge in [-0.15, -0.1) is 24.0 Å². The topological polar surface area (TPSA) is 55.8 Å². The maximum Gasteiger partial charge on any atom is 0.417 e. The quantitative estimate of drug-likeness (QED) is 0.318. The SMILES string of the molecule is CN=C(NCCC1CCN(C)CC1)NC1CCN(c2ncc(C(F)(F)F)cc2Cl)C1.I. The number of rotatable bonds is 5. The summed E-state index contributed by atoms with van der Waals surface area (Å²) < 4.78 is 38.4. The molecular formula is C20H31ClF3IN6. The fourth-order valence-electron chi connectivity index (χ4n) is 4.02. The molecule has 0 aromatic carbocycles. The lowest BCUT2D eigenvalue weighted by molar-refractivity contribution is -0.137. The Morgan fingerprint density at radius 1 is 1.26 bits per heavy atom. The minimum Gasteiger partial charge on any atom is -0.356 e. The van der Waals surface area contributed by atoms with Crippen LogP contribution < -0.4 is 15.5 Å². The Kier molecular flexibility index (Phi) is 9.94. The molecule has 0 amide bonds. The molecule has 3 rings (SSSR count). The van der Waals surface area contributed by atoms with Crippen LogP contribution in [0.5, 0.6) is 0 Å². The number of alkyl halides is 3. The molecule has 0 spiro atoms. The molecule has 1 atom stereocenters. The van der Waals surface area contributed by atoms with E-state index < -0.39 is 11.7 Å². The number of likely N-dealkylation sites (tertiary alicyclic amines) is 1. The summed E-state index contributed by atoms with van der Waals surface area (Å²) >= 11 is 6.08. The molecule has 2 aliphatic heterocycles. The van der Waals surface area contributed by atoms with Gasteiger partial charge >= 0.3 is 6.18 Å². The van der Waals surface area contributed by atoms with Crippen LogP contribution in [0.15, 0.2) is 17.3 Å². The van der Waals surface area contributed by atoms with Crippen molar-refractivity contribution in [3.8, 4) is 0 Å². The summed E-state index contributed by atoms with van der Waals surface area (Å²) in [5.41, 5.74) is -0.834. The van der Waals surface area contributed by atoms with Gasteiger partial charge in [0.25, 0.3) is 0 Å². The van der Waals surface area contributed by atoms with Gasteiger partial charge in [0.05, 0.1) is 10.6 Å². The summed E-state index contributed by atoms with van der Waals surface area (Å²) in [6.07, 6.45) is 0.817. The van der Waals surface area contributed by atoms with Gasteiger partial charge in [-0.25, -0.2) is 4.98 Å². The first-order valence-corrected chi connectivity index (χ1v) is 10.8. The van der Waals surface area contributed by atoms with Crippen molar-refractivity contribution in [2.24, 2.45) is 10.9 Å². The predicted octanol–water partition coefficient (Wildman–Crippen LogP) is 3.85. The fraction of sp³-hybridized carbons (Fsp3) is 0.700. The molecule has 176 valence electrons. The largest absolute Gasteiger partial charge is 0.417 e. The van der Waals surface area contributed by atoms with Gasteiger partial charge in [0.1, 0.15) is 5.82 Å². The van der Waals surface area contributed by atoms with Crippen molar-refractivity contribution in [2.45, 2.75) is 37.9 Å². The zero-order chi connectivity index (χ0) is 21.7. The summed E-state index contributed by atoms with van der Waals surface area (Å²) in [4.78, 5) is 12.5. The van der Waals surface area contributed by atoms with E-state index in [1.165, 1.54) is 12.8 Å². The smallest absolute Gasteiger partial charge is 0.356 e. The lowest BCUT2D eigenvalue weighted by atomic mass is 9.94. The van der Waals surface area contributed by atoms with E-state index in [-0.39, 0.29) is 35.0 Å². The molecule has 11 heteroatoms. The molecule has 1 unspecified atom stereocenters. The van der Waals surface area contributed by atoms with Gasteiger partial charge in [0.15, 0.2) is 5.96 Å². The van der Waals surface area contributed by atoms with Crippen LogP contribution in [-0.4, -0.2) is 68.7 Å². The van der Waals surface area contributed by atoms with Crippen LogP contribution in [0.2, 0.25) is 5.02 Å². The number of halogens is 5. The normalized spacial score (nSPS) is 21.2. The van der Waals surface area contributed by atoms with E-state index in [2.05, 4.69) is 32.6 Å².